The Balaban J connectivity index is 2.64. The Kier molecular flexibility index (Phi) is 6.93. The van der Waals surface area contributed by atoms with Gasteiger partial charge in [0, 0.05) is 12.2 Å². The van der Waals surface area contributed by atoms with E-state index in [4.69, 9.17) is 4.74 Å². The number of nitrogens with one attached hydrogen (secondary N) is 1. The molecule has 4 nitrogen and oxygen atoms in total. The summed E-state index contributed by atoms with van der Waals surface area (Å²) in [5.74, 6) is 0.295. The number of hydrogen-bond donors (Lipinski definition) is 1. The van der Waals surface area contributed by atoms with Gasteiger partial charge in [0.1, 0.15) is 11.4 Å². The number of pyridine rings is 1. The van der Waals surface area contributed by atoms with E-state index in [0.717, 1.165) is 6.42 Å². The molecule has 0 amide bonds. The molecule has 0 aliphatic rings. The smallest absolute Gasteiger partial charge is 0.341 e. The number of carbonyl (C=O) groups is 1. The average Bonchev–Trinajstić information content (AvgIpc) is 2.40. The van der Waals surface area contributed by atoms with Crippen molar-refractivity contribution in [1.29, 1.82) is 0 Å². The maximum absolute atomic E-state index is 11.8. The SMILES string of the molecule is CCCCCC(C)Nc1ncccc1C(=O)OCC. The molecule has 0 radical (unpaired) electrons. The summed E-state index contributed by atoms with van der Waals surface area (Å²) >= 11 is 0. The van der Waals surface area contributed by atoms with Crippen LogP contribution in [0.2, 0.25) is 0 Å². The van der Waals surface area contributed by atoms with Crippen molar-refractivity contribution >= 4 is 11.8 Å². The number of aromatic nitrogens is 1. The van der Waals surface area contributed by atoms with Gasteiger partial charge in [-0.25, -0.2) is 9.78 Å². The van der Waals surface area contributed by atoms with E-state index in [0.29, 0.717) is 24.0 Å². The van der Waals surface area contributed by atoms with E-state index in [1.54, 1.807) is 25.3 Å². The van der Waals surface area contributed by atoms with Crippen LogP contribution in [0, 0.1) is 0 Å². The van der Waals surface area contributed by atoms with Crippen LogP contribution in [0.15, 0.2) is 18.3 Å². The van der Waals surface area contributed by atoms with E-state index in [1.807, 2.05) is 0 Å². The van der Waals surface area contributed by atoms with Gasteiger partial charge in [-0.05, 0) is 32.4 Å². The molecule has 4 heteroatoms. The van der Waals surface area contributed by atoms with Crippen molar-refractivity contribution in [3.63, 3.8) is 0 Å². The number of esters is 1. The molecule has 106 valence electrons. The number of nitrogens with zero attached hydrogens (tertiary/aromatic N) is 1. The fourth-order valence-electron chi connectivity index (χ4n) is 1.90. The Morgan fingerprint density at radius 2 is 2.21 bits per heavy atom. The molecule has 0 aromatic carbocycles. The minimum Gasteiger partial charge on any atom is -0.462 e. The van der Waals surface area contributed by atoms with Crippen LogP contribution in [0.5, 0.6) is 0 Å². The quantitative estimate of drug-likeness (QED) is 0.575. The molecule has 1 N–H and O–H groups in total. The van der Waals surface area contributed by atoms with Crippen LogP contribution >= 0.6 is 0 Å². The van der Waals surface area contributed by atoms with Gasteiger partial charge in [-0.15, -0.1) is 0 Å². The minimum absolute atomic E-state index is 0.301. The molecule has 0 aliphatic heterocycles. The van der Waals surface area contributed by atoms with Gasteiger partial charge >= 0.3 is 5.97 Å². The first-order chi connectivity index (χ1) is 9.19. The maximum atomic E-state index is 11.8. The molecular formula is C15H24N2O2. The molecule has 0 saturated heterocycles. The molecule has 0 saturated carbocycles. The van der Waals surface area contributed by atoms with Crippen molar-refractivity contribution < 1.29 is 9.53 Å². The second-order valence-electron chi connectivity index (χ2n) is 4.66. The molecule has 0 fully saturated rings. The fraction of sp³-hybridized carbons (Fsp3) is 0.600. The van der Waals surface area contributed by atoms with Crippen molar-refractivity contribution in [2.45, 2.75) is 52.5 Å². The summed E-state index contributed by atoms with van der Waals surface area (Å²) in [7, 11) is 0. The number of hydrogen-bond acceptors (Lipinski definition) is 4. The Hall–Kier alpha value is -1.58. The summed E-state index contributed by atoms with van der Waals surface area (Å²) < 4.78 is 5.03. The third kappa shape index (κ3) is 5.28. The zero-order valence-electron chi connectivity index (χ0n) is 12.1. The number of ether oxygens (including phenoxy) is 1. The van der Waals surface area contributed by atoms with E-state index in [2.05, 4.69) is 24.1 Å². The second-order valence-corrected chi connectivity index (χ2v) is 4.66. The van der Waals surface area contributed by atoms with Crippen LogP contribution in [0.1, 0.15) is 56.8 Å². The van der Waals surface area contributed by atoms with E-state index in [1.165, 1.54) is 19.3 Å². The average molecular weight is 264 g/mol. The molecule has 1 aromatic rings. The summed E-state index contributed by atoms with van der Waals surface area (Å²) in [5, 5.41) is 3.30. The lowest BCUT2D eigenvalue weighted by atomic mass is 10.1. The minimum atomic E-state index is -0.321. The zero-order valence-corrected chi connectivity index (χ0v) is 12.1. The lowest BCUT2D eigenvalue weighted by molar-refractivity contribution is 0.0527. The summed E-state index contributed by atoms with van der Waals surface area (Å²) in [6.45, 7) is 6.48. The predicted molar refractivity (Wildman–Crippen MR) is 77.4 cm³/mol. The fourth-order valence-corrected chi connectivity index (χ4v) is 1.90. The van der Waals surface area contributed by atoms with Crippen molar-refractivity contribution in [2.24, 2.45) is 0 Å². The van der Waals surface area contributed by atoms with Crippen LogP contribution in [-0.2, 0) is 4.74 Å². The van der Waals surface area contributed by atoms with Gasteiger partial charge in [0.2, 0.25) is 0 Å². The van der Waals surface area contributed by atoms with Crippen molar-refractivity contribution in [3.05, 3.63) is 23.9 Å². The lowest BCUT2D eigenvalue weighted by Crippen LogP contribution is -2.19. The third-order valence-corrected chi connectivity index (χ3v) is 2.93. The van der Waals surface area contributed by atoms with Crippen LogP contribution in [0.25, 0.3) is 0 Å². The monoisotopic (exact) mass is 264 g/mol. The molecule has 0 spiro atoms. The first-order valence-corrected chi connectivity index (χ1v) is 7.07. The molecular weight excluding hydrogens is 240 g/mol. The highest BCUT2D eigenvalue weighted by atomic mass is 16.5. The van der Waals surface area contributed by atoms with Crippen molar-refractivity contribution in [2.75, 3.05) is 11.9 Å². The van der Waals surface area contributed by atoms with Crippen LogP contribution in [0.4, 0.5) is 5.82 Å². The molecule has 1 heterocycles. The number of rotatable bonds is 8. The topological polar surface area (TPSA) is 51.2 Å². The standard InChI is InChI=1S/C15H24N2O2/c1-4-6-7-9-12(3)17-14-13(10-8-11-16-14)15(18)19-5-2/h8,10-12H,4-7,9H2,1-3H3,(H,16,17). The van der Waals surface area contributed by atoms with E-state index in [-0.39, 0.29) is 5.97 Å². The second kappa shape index (κ2) is 8.51. The predicted octanol–water partition coefficient (Wildman–Crippen LogP) is 3.64. The van der Waals surface area contributed by atoms with E-state index in [9.17, 15) is 4.79 Å². The van der Waals surface area contributed by atoms with Crippen molar-refractivity contribution in [3.8, 4) is 0 Å². The summed E-state index contributed by atoms with van der Waals surface area (Å²) in [4.78, 5) is 16.0. The molecule has 0 aliphatic carbocycles. The van der Waals surface area contributed by atoms with Gasteiger partial charge in [0.25, 0.3) is 0 Å². The van der Waals surface area contributed by atoms with Crippen molar-refractivity contribution in [1.82, 2.24) is 4.98 Å². The van der Waals surface area contributed by atoms with Gasteiger partial charge in [-0.2, -0.15) is 0 Å². The number of unbranched alkanes of at least 4 members (excludes halogenated alkanes) is 2. The summed E-state index contributed by atoms with van der Waals surface area (Å²) in [6.07, 6.45) is 6.39. The Morgan fingerprint density at radius 3 is 2.89 bits per heavy atom. The zero-order chi connectivity index (χ0) is 14.1. The molecule has 0 bridgehead atoms. The van der Waals surface area contributed by atoms with Crippen LogP contribution in [0.3, 0.4) is 0 Å². The number of carbonyl (C=O) groups excluding carboxylic acids is 1. The lowest BCUT2D eigenvalue weighted by Gasteiger charge is -2.16. The van der Waals surface area contributed by atoms with Gasteiger partial charge in [-0.3, -0.25) is 0 Å². The van der Waals surface area contributed by atoms with Gasteiger partial charge in [0.15, 0.2) is 0 Å². The molecule has 1 aromatic heterocycles. The Labute approximate surface area is 115 Å². The normalized spacial score (nSPS) is 11.9. The van der Waals surface area contributed by atoms with Gasteiger partial charge in [-0.1, -0.05) is 26.2 Å². The molecule has 19 heavy (non-hydrogen) atoms. The van der Waals surface area contributed by atoms with E-state index >= 15 is 0 Å². The van der Waals surface area contributed by atoms with Crippen LogP contribution < -0.4 is 5.32 Å². The highest BCUT2D eigenvalue weighted by Crippen LogP contribution is 2.16. The van der Waals surface area contributed by atoms with E-state index < -0.39 is 0 Å². The van der Waals surface area contributed by atoms with Crippen LogP contribution in [-0.4, -0.2) is 23.6 Å². The Bertz CT molecular complexity index is 393. The third-order valence-electron chi connectivity index (χ3n) is 2.93. The highest BCUT2D eigenvalue weighted by molar-refractivity contribution is 5.94. The molecule has 1 rings (SSSR count). The molecule has 1 atom stereocenters. The Morgan fingerprint density at radius 1 is 1.42 bits per heavy atom. The van der Waals surface area contributed by atoms with Gasteiger partial charge in [0.05, 0.1) is 6.61 Å². The maximum Gasteiger partial charge on any atom is 0.341 e. The largest absolute Gasteiger partial charge is 0.462 e. The van der Waals surface area contributed by atoms with Gasteiger partial charge < -0.3 is 10.1 Å². The first kappa shape index (κ1) is 15.5. The molecule has 1 unspecified atom stereocenters. The first-order valence-electron chi connectivity index (χ1n) is 7.07. The summed E-state index contributed by atoms with van der Waals surface area (Å²) in [5.41, 5.74) is 0.506. The summed E-state index contributed by atoms with van der Waals surface area (Å²) in [6, 6.07) is 3.79. The highest BCUT2D eigenvalue weighted by Gasteiger charge is 2.14. The number of anilines is 1.